The smallest absolute Gasteiger partial charge is 0.353 e. The van der Waals surface area contributed by atoms with E-state index in [0.717, 1.165) is 0 Å². The fraction of sp³-hybridized carbons (Fsp3) is 0.706. The molecule has 0 aromatic heterocycles. The number of nitrogens with one attached hydrogen (secondary N) is 1. The van der Waals surface area contributed by atoms with Crippen LogP contribution in [0.1, 0.15) is 20.3 Å². The largest absolute Gasteiger partial charge is 0.477 e. The van der Waals surface area contributed by atoms with Gasteiger partial charge in [-0.25, -0.2) is 4.79 Å². The molecular weight excluding hydrogens is 381 g/mol. The Labute approximate surface area is 185 Å². The van der Waals surface area contributed by atoms with Crippen molar-refractivity contribution < 1.29 is 24.6 Å². The van der Waals surface area contributed by atoms with Gasteiger partial charge in [-0.3, -0.25) is 9.59 Å². The van der Waals surface area contributed by atoms with Crippen molar-refractivity contribution in [3.05, 3.63) is 10.6 Å². The maximum Gasteiger partial charge on any atom is 0.353 e. The van der Waals surface area contributed by atoms with Crippen molar-refractivity contribution in [3.63, 3.8) is 0 Å². The number of amides is 2. The van der Waals surface area contributed by atoms with Crippen LogP contribution < -0.4 is 5.32 Å². The third kappa shape index (κ3) is 3.82. The Morgan fingerprint density at radius 1 is 1.37 bits per heavy atom. The second-order valence-corrected chi connectivity index (χ2v) is 8.78. The number of hydrogen-bond acceptors (Lipinski definition) is 6. The Hall–Kier alpha value is -0.580. The number of carbonyl (C=O) groups is 3. The van der Waals surface area contributed by atoms with Gasteiger partial charge in [0.15, 0.2) is 0 Å². The average Bonchev–Trinajstić information content (AvgIpc) is 3.09. The number of carbonyl (C=O) groups excluding carboxylic acids is 2. The van der Waals surface area contributed by atoms with Gasteiger partial charge in [0.25, 0.3) is 0 Å². The number of rotatable bonds is 5. The van der Waals surface area contributed by atoms with Gasteiger partial charge in [0, 0.05) is 66.3 Å². The first-order chi connectivity index (χ1) is 12.1. The number of aliphatic hydroxyl groups excluding tert-OH is 1. The minimum atomic E-state index is -1.12. The number of likely N-dealkylation sites (N-methyl/N-ethyl adjacent to an activating group) is 1. The van der Waals surface area contributed by atoms with Crippen molar-refractivity contribution in [2.75, 3.05) is 20.6 Å². The van der Waals surface area contributed by atoms with Crippen LogP contribution in [-0.4, -0.2) is 111 Å². The van der Waals surface area contributed by atoms with Gasteiger partial charge in [0.05, 0.1) is 24.1 Å². The van der Waals surface area contributed by atoms with Crippen LogP contribution >= 0.6 is 11.8 Å². The van der Waals surface area contributed by atoms with Crippen LogP contribution in [0.5, 0.6) is 0 Å². The van der Waals surface area contributed by atoms with E-state index in [9.17, 15) is 24.6 Å². The SMILES string of the molecule is C[C@@H](O)[C@H]1C(=O)N2C(C(=O)O)=C(S[C@@H]3CN[C@H](C(=O)N(C)C)C3)[C@H](C)[C@H]12.[Na]. The van der Waals surface area contributed by atoms with Gasteiger partial charge in [-0.1, -0.05) is 6.92 Å². The molecule has 3 N–H and O–H groups in total. The van der Waals surface area contributed by atoms with E-state index < -0.39 is 18.0 Å². The van der Waals surface area contributed by atoms with Crippen LogP contribution in [0.2, 0.25) is 0 Å². The summed E-state index contributed by atoms with van der Waals surface area (Å²) in [6.07, 6.45) is -0.190. The predicted molar refractivity (Wildman–Crippen MR) is 102 cm³/mol. The van der Waals surface area contributed by atoms with E-state index in [0.29, 0.717) is 17.9 Å². The van der Waals surface area contributed by atoms with Gasteiger partial charge >= 0.3 is 5.97 Å². The quantitative estimate of drug-likeness (QED) is 0.410. The van der Waals surface area contributed by atoms with Crippen molar-refractivity contribution in [3.8, 4) is 0 Å². The Morgan fingerprint density at radius 2 is 2.00 bits per heavy atom. The molecule has 0 saturated carbocycles. The summed E-state index contributed by atoms with van der Waals surface area (Å²) in [6.45, 7) is 4.08. The van der Waals surface area contributed by atoms with E-state index in [1.54, 1.807) is 25.9 Å². The summed E-state index contributed by atoms with van der Waals surface area (Å²) in [4.78, 5) is 39.8. The van der Waals surface area contributed by atoms with Gasteiger partial charge in [0.1, 0.15) is 5.70 Å². The molecule has 27 heavy (non-hydrogen) atoms. The number of β-lactam (4-membered cyclic amide) rings is 1. The zero-order valence-electron chi connectivity index (χ0n) is 16.3. The third-order valence-corrected chi connectivity index (χ3v) is 6.95. The number of carboxylic acids is 1. The molecule has 3 aliphatic heterocycles. The fourth-order valence-electron chi connectivity index (χ4n) is 4.15. The van der Waals surface area contributed by atoms with Crippen LogP contribution in [0.15, 0.2) is 10.6 Å². The maximum absolute atomic E-state index is 12.3. The Morgan fingerprint density at radius 3 is 2.52 bits per heavy atom. The van der Waals surface area contributed by atoms with Crippen LogP contribution in [0.3, 0.4) is 0 Å². The number of thioether (sulfide) groups is 1. The van der Waals surface area contributed by atoms with Crippen molar-refractivity contribution in [2.45, 2.75) is 43.7 Å². The molecule has 6 atom stereocenters. The Bertz CT molecular complexity index is 683. The molecule has 0 aromatic rings. The number of aliphatic hydroxyl groups is 1. The third-order valence-electron chi connectivity index (χ3n) is 5.43. The van der Waals surface area contributed by atoms with E-state index in [1.165, 1.54) is 16.7 Å². The van der Waals surface area contributed by atoms with E-state index in [2.05, 4.69) is 5.32 Å². The molecule has 145 valence electrons. The molecule has 0 unspecified atom stereocenters. The summed E-state index contributed by atoms with van der Waals surface area (Å²) in [6, 6.07) is -0.568. The van der Waals surface area contributed by atoms with Crippen molar-refractivity contribution in [2.24, 2.45) is 11.8 Å². The second kappa shape index (κ2) is 8.42. The molecule has 10 heteroatoms. The molecule has 8 nitrogen and oxygen atoms in total. The number of hydrogen-bond donors (Lipinski definition) is 3. The molecule has 0 bridgehead atoms. The standard InChI is InChI=1S/C17H25N3O5S.Na/c1-7-12-11(8(2)21)16(23)20(12)13(17(24)25)14(7)26-9-5-10(18-6-9)15(22)19(3)4;/h7-12,18,21H,5-6H2,1-4H3,(H,24,25);/t7-,8-,9+,10+,11-,12-;/m1./s1. The van der Waals surface area contributed by atoms with Crippen LogP contribution in [-0.2, 0) is 14.4 Å². The van der Waals surface area contributed by atoms with Crippen molar-refractivity contribution >= 4 is 59.1 Å². The second-order valence-electron chi connectivity index (χ2n) is 7.44. The van der Waals surface area contributed by atoms with Crippen molar-refractivity contribution in [1.29, 1.82) is 0 Å². The van der Waals surface area contributed by atoms with E-state index in [-0.39, 0.29) is 70.3 Å². The number of carboxylic acid groups (broad SMARTS) is 1. The topological polar surface area (TPSA) is 110 Å². The molecule has 1 radical (unpaired) electrons. The Balaban J connectivity index is 0.00000261. The van der Waals surface area contributed by atoms with Gasteiger partial charge < -0.3 is 25.3 Å². The minimum absolute atomic E-state index is 0. The molecule has 0 spiro atoms. The van der Waals surface area contributed by atoms with Crippen LogP contribution in [0, 0.1) is 11.8 Å². The summed E-state index contributed by atoms with van der Waals surface area (Å²) in [5.41, 5.74) is 0.0387. The van der Waals surface area contributed by atoms with Gasteiger partial charge in [0.2, 0.25) is 11.8 Å². The summed E-state index contributed by atoms with van der Waals surface area (Å²) in [5.74, 6) is -2.14. The number of aliphatic carboxylic acids is 1. The number of fused-ring (bicyclic) bond motifs is 1. The zero-order valence-corrected chi connectivity index (χ0v) is 19.1. The van der Waals surface area contributed by atoms with E-state index in [4.69, 9.17) is 0 Å². The first-order valence-electron chi connectivity index (χ1n) is 8.75. The molecule has 2 fully saturated rings. The molecule has 3 heterocycles. The van der Waals surface area contributed by atoms with Crippen molar-refractivity contribution in [1.82, 2.24) is 15.1 Å². The first-order valence-corrected chi connectivity index (χ1v) is 9.62. The van der Waals surface area contributed by atoms with Crippen LogP contribution in [0.4, 0.5) is 0 Å². The Kier molecular flexibility index (Phi) is 7.08. The normalized spacial score (nSPS) is 33.3. The number of nitrogens with zero attached hydrogens (tertiary/aromatic N) is 2. The maximum atomic E-state index is 12.3. The first kappa shape index (κ1) is 22.7. The summed E-state index contributed by atoms with van der Waals surface area (Å²) in [7, 11) is 3.42. The fourth-order valence-corrected chi connectivity index (χ4v) is 5.63. The summed E-state index contributed by atoms with van der Waals surface area (Å²) < 4.78 is 0. The average molecular weight is 406 g/mol. The molecule has 3 rings (SSSR count). The van der Waals surface area contributed by atoms with Gasteiger partial charge in [-0.15, -0.1) is 11.8 Å². The molecular formula is C17H25N3NaO5S. The molecule has 3 aliphatic rings. The molecule has 0 aliphatic carbocycles. The van der Waals surface area contributed by atoms with Gasteiger partial charge in [-0.05, 0) is 13.3 Å². The van der Waals surface area contributed by atoms with Gasteiger partial charge in [-0.2, -0.15) is 0 Å². The van der Waals surface area contributed by atoms with Crippen LogP contribution in [0.25, 0.3) is 0 Å². The molecule has 2 amide bonds. The minimum Gasteiger partial charge on any atom is -0.477 e. The van der Waals surface area contributed by atoms with E-state index >= 15 is 0 Å². The molecule has 2 saturated heterocycles. The summed E-state index contributed by atoms with van der Waals surface area (Å²) >= 11 is 1.45. The summed E-state index contributed by atoms with van der Waals surface area (Å²) in [5, 5.41) is 22.8. The predicted octanol–water partition coefficient (Wildman–Crippen LogP) is -0.689. The monoisotopic (exact) mass is 406 g/mol. The molecule has 0 aromatic carbocycles. The van der Waals surface area contributed by atoms with E-state index in [1.807, 2.05) is 6.92 Å². The zero-order chi connectivity index (χ0) is 19.3.